The molecule has 29 heavy (non-hydrogen) atoms. The smallest absolute Gasteiger partial charge is 0.237 e. The summed E-state index contributed by atoms with van der Waals surface area (Å²) in [4.78, 5) is 38.8. The minimum atomic E-state index is -0.165. The highest BCUT2D eigenvalue weighted by atomic mass is 16.5. The summed E-state index contributed by atoms with van der Waals surface area (Å²) in [5.41, 5.74) is 1.60. The lowest BCUT2D eigenvalue weighted by atomic mass is 9.96. The molecule has 3 aliphatic rings. The van der Waals surface area contributed by atoms with Crippen LogP contribution >= 0.6 is 0 Å². The molecule has 3 atom stereocenters. The highest BCUT2D eigenvalue weighted by Gasteiger charge is 2.49. The van der Waals surface area contributed by atoms with Gasteiger partial charge in [0.15, 0.2) is 0 Å². The molecule has 3 aliphatic heterocycles. The van der Waals surface area contributed by atoms with Crippen LogP contribution in [0.25, 0.3) is 0 Å². The third-order valence-corrected chi connectivity index (χ3v) is 6.55. The second-order valence-corrected chi connectivity index (χ2v) is 8.41. The Morgan fingerprint density at radius 1 is 1.24 bits per heavy atom. The maximum absolute atomic E-state index is 13.0. The van der Waals surface area contributed by atoms with Gasteiger partial charge in [-0.2, -0.15) is 0 Å². The van der Waals surface area contributed by atoms with E-state index in [2.05, 4.69) is 27.1 Å². The van der Waals surface area contributed by atoms with E-state index in [1.807, 2.05) is 11.8 Å². The highest BCUT2D eigenvalue weighted by molar-refractivity contribution is 5.84. The summed E-state index contributed by atoms with van der Waals surface area (Å²) in [5.74, 6) is 0.0142. The van der Waals surface area contributed by atoms with Crippen LogP contribution in [0.4, 0.5) is 0 Å². The Bertz CT molecular complexity index is 734. The highest BCUT2D eigenvalue weighted by Crippen LogP contribution is 2.36. The summed E-state index contributed by atoms with van der Waals surface area (Å²) in [6.07, 6.45) is 6.89. The quantitative estimate of drug-likeness (QED) is 0.789. The molecular weight excluding hydrogens is 370 g/mol. The number of nitrogens with one attached hydrogen (secondary N) is 1. The van der Waals surface area contributed by atoms with Gasteiger partial charge in [0.05, 0.1) is 36.6 Å². The van der Waals surface area contributed by atoms with Gasteiger partial charge in [-0.3, -0.25) is 24.5 Å². The van der Waals surface area contributed by atoms with Gasteiger partial charge in [-0.05, 0) is 32.6 Å². The number of ether oxygens (including phenoxy) is 1. The van der Waals surface area contributed by atoms with Crippen LogP contribution in [0.3, 0.4) is 0 Å². The van der Waals surface area contributed by atoms with Crippen molar-refractivity contribution in [2.75, 3.05) is 26.3 Å². The molecule has 158 valence electrons. The van der Waals surface area contributed by atoms with Gasteiger partial charge >= 0.3 is 0 Å². The third-order valence-electron chi connectivity index (χ3n) is 6.55. The molecule has 1 N–H and O–H groups in total. The Labute approximate surface area is 172 Å². The number of aromatic nitrogens is 2. The van der Waals surface area contributed by atoms with E-state index in [-0.39, 0.29) is 29.8 Å². The number of rotatable bonds is 5. The van der Waals surface area contributed by atoms with Crippen molar-refractivity contribution in [2.45, 2.75) is 64.2 Å². The van der Waals surface area contributed by atoms with E-state index in [0.717, 1.165) is 56.8 Å². The zero-order valence-corrected chi connectivity index (χ0v) is 17.3. The Morgan fingerprint density at radius 2 is 2.03 bits per heavy atom. The largest absolute Gasteiger partial charge is 0.381 e. The average molecular weight is 402 g/mol. The predicted molar refractivity (Wildman–Crippen MR) is 107 cm³/mol. The first kappa shape index (κ1) is 20.2. The molecule has 0 unspecified atom stereocenters. The number of carbonyl (C=O) groups excluding carboxylic acids is 2. The first-order valence-corrected chi connectivity index (χ1v) is 10.7. The Kier molecular flexibility index (Phi) is 6.10. The maximum Gasteiger partial charge on any atom is 0.237 e. The molecule has 0 spiro atoms. The van der Waals surface area contributed by atoms with E-state index in [0.29, 0.717) is 19.1 Å². The van der Waals surface area contributed by atoms with E-state index < -0.39 is 0 Å². The molecule has 1 aromatic rings. The fraction of sp³-hybridized carbons (Fsp3) is 0.714. The molecule has 3 saturated heterocycles. The molecule has 3 fully saturated rings. The average Bonchev–Trinajstić information content (AvgIpc) is 3.13. The number of hydrogen-bond acceptors (Lipinski definition) is 6. The van der Waals surface area contributed by atoms with Crippen LogP contribution < -0.4 is 5.32 Å². The van der Waals surface area contributed by atoms with Crippen molar-refractivity contribution in [3.8, 4) is 0 Å². The van der Waals surface area contributed by atoms with Gasteiger partial charge in [0.1, 0.15) is 0 Å². The van der Waals surface area contributed by atoms with E-state index in [1.165, 1.54) is 0 Å². The normalized spacial score (nSPS) is 28.4. The van der Waals surface area contributed by atoms with Crippen LogP contribution in [-0.4, -0.2) is 76.0 Å². The molecule has 0 bridgehead atoms. The summed E-state index contributed by atoms with van der Waals surface area (Å²) >= 11 is 0. The molecular formula is C21H31N5O3. The van der Waals surface area contributed by atoms with E-state index in [1.54, 1.807) is 12.4 Å². The van der Waals surface area contributed by atoms with Crippen LogP contribution in [-0.2, 0) is 20.9 Å². The van der Waals surface area contributed by atoms with Crippen LogP contribution in [0.5, 0.6) is 0 Å². The Balaban J connectivity index is 1.40. The van der Waals surface area contributed by atoms with Crippen LogP contribution in [0.1, 0.15) is 44.0 Å². The van der Waals surface area contributed by atoms with Crippen molar-refractivity contribution in [3.63, 3.8) is 0 Å². The predicted octanol–water partition coefficient (Wildman–Crippen LogP) is 0.892. The van der Waals surface area contributed by atoms with Crippen molar-refractivity contribution in [2.24, 2.45) is 5.92 Å². The zero-order chi connectivity index (χ0) is 20.4. The molecule has 8 nitrogen and oxygen atoms in total. The SMILES string of the molecule is CC[C@@H]1[C@H](C(=O)NCc2cnc(C)cn2)C[C@@H]2CN(C3CCOCC3)CC(=O)N21. The monoisotopic (exact) mass is 401 g/mol. The van der Waals surface area contributed by atoms with Crippen molar-refractivity contribution < 1.29 is 14.3 Å². The molecule has 0 aliphatic carbocycles. The number of aryl methyl sites for hydroxylation is 1. The number of piperazine rings is 1. The summed E-state index contributed by atoms with van der Waals surface area (Å²) in [7, 11) is 0. The van der Waals surface area contributed by atoms with E-state index >= 15 is 0 Å². The van der Waals surface area contributed by atoms with Crippen molar-refractivity contribution in [1.82, 2.24) is 25.1 Å². The summed E-state index contributed by atoms with van der Waals surface area (Å²) in [6.45, 7) is 7.19. The first-order valence-electron chi connectivity index (χ1n) is 10.7. The number of amides is 2. The molecule has 4 heterocycles. The standard InChI is InChI=1S/C21H31N5O3/c1-3-19-18(21(28)24-11-15-10-22-14(2)9-23-15)8-17-12-25(13-20(27)26(17)19)16-4-6-29-7-5-16/h9-10,16-19H,3-8,11-13H2,1-2H3,(H,24,28)/t17-,18-,19-/m1/s1. The second-order valence-electron chi connectivity index (χ2n) is 8.41. The van der Waals surface area contributed by atoms with Gasteiger partial charge in [0.2, 0.25) is 11.8 Å². The van der Waals surface area contributed by atoms with Crippen LogP contribution in [0.15, 0.2) is 12.4 Å². The molecule has 0 aromatic carbocycles. The van der Waals surface area contributed by atoms with Gasteiger partial charge in [-0.15, -0.1) is 0 Å². The van der Waals surface area contributed by atoms with E-state index in [9.17, 15) is 9.59 Å². The molecule has 2 amide bonds. The van der Waals surface area contributed by atoms with Crippen molar-refractivity contribution >= 4 is 11.8 Å². The third kappa shape index (κ3) is 4.28. The summed E-state index contributed by atoms with van der Waals surface area (Å²) < 4.78 is 5.47. The molecule has 0 radical (unpaired) electrons. The zero-order valence-electron chi connectivity index (χ0n) is 17.3. The number of hydrogen-bond donors (Lipinski definition) is 1. The first-order chi connectivity index (χ1) is 14.1. The Hall–Kier alpha value is -2.06. The fourth-order valence-electron chi connectivity index (χ4n) is 5.08. The van der Waals surface area contributed by atoms with Gasteiger partial charge < -0.3 is 15.0 Å². The van der Waals surface area contributed by atoms with E-state index in [4.69, 9.17) is 4.74 Å². The lowest BCUT2D eigenvalue weighted by Crippen LogP contribution is -2.59. The van der Waals surface area contributed by atoms with Crippen molar-refractivity contribution in [1.29, 1.82) is 0 Å². The van der Waals surface area contributed by atoms with Gasteiger partial charge in [-0.25, -0.2) is 0 Å². The van der Waals surface area contributed by atoms with Crippen LogP contribution in [0.2, 0.25) is 0 Å². The fourth-order valence-corrected chi connectivity index (χ4v) is 5.08. The minimum absolute atomic E-state index is 0.0130. The molecule has 8 heteroatoms. The molecule has 4 rings (SSSR count). The van der Waals surface area contributed by atoms with Gasteiger partial charge in [-0.1, -0.05) is 6.92 Å². The lowest BCUT2D eigenvalue weighted by molar-refractivity contribution is -0.143. The number of fused-ring (bicyclic) bond motifs is 1. The lowest BCUT2D eigenvalue weighted by Gasteiger charge is -2.43. The topological polar surface area (TPSA) is 87.7 Å². The number of nitrogens with zero attached hydrogens (tertiary/aromatic N) is 4. The second kappa shape index (κ2) is 8.75. The maximum atomic E-state index is 13.0. The molecule has 1 aromatic heterocycles. The number of carbonyl (C=O) groups is 2. The minimum Gasteiger partial charge on any atom is -0.381 e. The Morgan fingerprint density at radius 3 is 2.72 bits per heavy atom. The summed E-state index contributed by atoms with van der Waals surface area (Å²) in [6, 6.07) is 0.523. The molecule has 0 saturated carbocycles. The summed E-state index contributed by atoms with van der Waals surface area (Å²) in [5, 5.41) is 3.01. The van der Waals surface area contributed by atoms with Gasteiger partial charge in [0, 0.05) is 44.1 Å². The van der Waals surface area contributed by atoms with Gasteiger partial charge in [0.25, 0.3) is 0 Å². The van der Waals surface area contributed by atoms with Crippen molar-refractivity contribution in [3.05, 3.63) is 23.8 Å². The van der Waals surface area contributed by atoms with Crippen LogP contribution in [0, 0.1) is 12.8 Å².